The summed E-state index contributed by atoms with van der Waals surface area (Å²) in [5.74, 6) is -0.778. The van der Waals surface area contributed by atoms with E-state index < -0.39 is 12.0 Å². The van der Waals surface area contributed by atoms with Crippen molar-refractivity contribution in [1.82, 2.24) is 4.90 Å². The fraction of sp³-hybridized carbons (Fsp3) is 0.500. The predicted octanol–water partition coefficient (Wildman–Crippen LogP) is 3.76. The molecule has 1 heterocycles. The van der Waals surface area contributed by atoms with E-state index in [1.165, 1.54) is 12.8 Å². The molecule has 5 heteroatoms. The molecule has 3 nitrogen and oxygen atoms in total. The van der Waals surface area contributed by atoms with Crippen LogP contribution in [0.25, 0.3) is 0 Å². The summed E-state index contributed by atoms with van der Waals surface area (Å²) in [6.07, 6.45) is 4.56. The lowest BCUT2D eigenvalue weighted by molar-refractivity contribution is -0.143. The molecule has 2 rings (SSSR count). The van der Waals surface area contributed by atoms with Gasteiger partial charge in [0.25, 0.3) is 0 Å². The van der Waals surface area contributed by atoms with Crippen LogP contribution in [0.1, 0.15) is 37.3 Å². The molecule has 1 N–H and O–H groups in total. The number of likely N-dealkylation sites (tertiary alicyclic amines) is 1. The van der Waals surface area contributed by atoms with E-state index in [0.717, 1.165) is 31.5 Å². The van der Waals surface area contributed by atoms with Gasteiger partial charge in [-0.05, 0) is 43.6 Å². The van der Waals surface area contributed by atoms with Gasteiger partial charge in [-0.1, -0.05) is 36.6 Å². The number of carboxylic acid groups (broad SMARTS) is 1. The molecule has 1 saturated heterocycles. The van der Waals surface area contributed by atoms with E-state index in [2.05, 4.69) is 4.90 Å². The van der Waals surface area contributed by atoms with Gasteiger partial charge < -0.3 is 5.11 Å². The minimum Gasteiger partial charge on any atom is -0.480 e. The average molecular weight is 304 g/mol. The molecule has 1 aromatic carbocycles. The van der Waals surface area contributed by atoms with Crippen molar-refractivity contribution in [3.63, 3.8) is 0 Å². The smallest absolute Gasteiger partial charge is 0.325 e. The number of benzene rings is 1. The van der Waals surface area contributed by atoms with Gasteiger partial charge in [0.05, 0.1) is 0 Å². The molecule has 1 atom stereocenters. The van der Waals surface area contributed by atoms with Gasteiger partial charge in [0.15, 0.2) is 0 Å². The van der Waals surface area contributed by atoms with Crippen molar-refractivity contribution in [2.75, 3.05) is 13.1 Å². The van der Waals surface area contributed by atoms with E-state index >= 15 is 0 Å². The number of carboxylic acids is 1. The van der Waals surface area contributed by atoms with Crippen molar-refractivity contribution in [2.24, 2.45) is 0 Å². The Kier molecular flexibility index (Phi) is 6.63. The topological polar surface area (TPSA) is 40.5 Å². The van der Waals surface area contributed by atoms with Crippen LogP contribution in [-0.2, 0) is 4.79 Å². The highest BCUT2D eigenvalue weighted by molar-refractivity contribution is 6.30. The van der Waals surface area contributed by atoms with Crippen LogP contribution < -0.4 is 0 Å². The zero-order valence-electron chi connectivity index (χ0n) is 10.7. The average Bonchev–Trinajstić information content (AvgIpc) is 2.60. The molecule has 0 bridgehead atoms. The second-order valence-corrected chi connectivity index (χ2v) is 5.18. The number of rotatable bonds is 3. The summed E-state index contributed by atoms with van der Waals surface area (Å²) in [5.41, 5.74) is 0.814. The van der Waals surface area contributed by atoms with Gasteiger partial charge >= 0.3 is 5.97 Å². The standard InChI is InChI=1S/C14H18ClNO2.ClH/c15-12-7-5-11(6-8-12)13(14(17)18)16-9-3-1-2-4-10-16;/h5-8,13H,1-4,9-10H2,(H,17,18);1H. The molecule has 19 heavy (non-hydrogen) atoms. The van der Waals surface area contributed by atoms with Gasteiger partial charge in [-0.3, -0.25) is 9.69 Å². The van der Waals surface area contributed by atoms with Crippen LogP contribution in [0.5, 0.6) is 0 Å². The number of halogens is 2. The first-order valence-corrected chi connectivity index (χ1v) is 6.78. The van der Waals surface area contributed by atoms with Crippen LogP contribution in [0.3, 0.4) is 0 Å². The monoisotopic (exact) mass is 303 g/mol. The zero-order chi connectivity index (χ0) is 13.0. The molecular formula is C14H19Cl2NO2. The summed E-state index contributed by atoms with van der Waals surface area (Å²) in [7, 11) is 0. The molecule has 1 aliphatic heterocycles. The molecule has 1 unspecified atom stereocenters. The van der Waals surface area contributed by atoms with Crippen LogP contribution in [0.4, 0.5) is 0 Å². The number of aliphatic carboxylic acids is 1. The van der Waals surface area contributed by atoms with E-state index in [9.17, 15) is 9.90 Å². The molecule has 106 valence electrons. The van der Waals surface area contributed by atoms with E-state index in [-0.39, 0.29) is 12.4 Å². The quantitative estimate of drug-likeness (QED) is 0.924. The lowest BCUT2D eigenvalue weighted by Crippen LogP contribution is -2.34. The van der Waals surface area contributed by atoms with Gasteiger partial charge in [0, 0.05) is 5.02 Å². The molecular weight excluding hydrogens is 285 g/mol. The second-order valence-electron chi connectivity index (χ2n) is 4.74. The predicted molar refractivity (Wildman–Crippen MR) is 79.1 cm³/mol. The summed E-state index contributed by atoms with van der Waals surface area (Å²) in [6, 6.07) is 6.59. The number of carbonyl (C=O) groups is 1. The highest BCUT2D eigenvalue weighted by atomic mass is 35.5. The summed E-state index contributed by atoms with van der Waals surface area (Å²) < 4.78 is 0. The maximum absolute atomic E-state index is 11.5. The molecule has 0 spiro atoms. The number of hydrogen-bond acceptors (Lipinski definition) is 2. The van der Waals surface area contributed by atoms with Crippen molar-refractivity contribution in [3.05, 3.63) is 34.9 Å². The normalized spacial score (nSPS) is 18.2. The fourth-order valence-electron chi connectivity index (χ4n) is 2.51. The van der Waals surface area contributed by atoms with E-state index in [1.807, 2.05) is 12.1 Å². The van der Waals surface area contributed by atoms with Gasteiger partial charge in [-0.25, -0.2) is 0 Å². The fourth-order valence-corrected chi connectivity index (χ4v) is 2.63. The Balaban J connectivity index is 0.00000180. The van der Waals surface area contributed by atoms with Crippen LogP contribution >= 0.6 is 24.0 Å². The SMILES string of the molecule is Cl.O=C(O)C(c1ccc(Cl)cc1)N1CCCCCC1. The third-order valence-corrected chi connectivity index (χ3v) is 3.68. The van der Waals surface area contributed by atoms with Gasteiger partial charge in [0.2, 0.25) is 0 Å². The van der Waals surface area contributed by atoms with Crippen LogP contribution in [0.2, 0.25) is 5.02 Å². The van der Waals surface area contributed by atoms with E-state index in [1.54, 1.807) is 12.1 Å². The van der Waals surface area contributed by atoms with E-state index in [0.29, 0.717) is 5.02 Å². The molecule has 1 fully saturated rings. The third kappa shape index (κ3) is 4.37. The largest absolute Gasteiger partial charge is 0.480 e. The summed E-state index contributed by atoms with van der Waals surface area (Å²) in [4.78, 5) is 13.6. The summed E-state index contributed by atoms with van der Waals surface area (Å²) in [6.45, 7) is 1.72. The van der Waals surface area contributed by atoms with Gasteiger partial charge in [-0.15, -0.1) is 12.4 Å². The highest BCUT2D eigenvalue weighted by Crippen LogP contribution is 2.25. The molecule has 1 aliphatic rings. The van der Waals surface area contributed by atoms with Crippen molar-refractivity contribution in [2.45, 2.75) is 31.7 Å². The minimum atomic E-state index is -0.778. The van der Waals surface area contributed by atoms with E-state index in [4.69, 9.17) is 11.6 Å². The molecule has 0 radical (unpaired) electrons. The maximum Gasteiger partial charge on any atom is 0.325 e. The Morgan fingerprint density at radius 3 is 2.11 bits per heavy atom. The van der Waals surface area contributed by atoms with Crippen molar-refractivity contribution in [1.29, 1.82) is 0 Å². The molecule has 1 aromatic rings. The summed E-state index contributed by atoms with van der Waals surface area (Å²) >= 11 is 5.85. The van der Waals surface area contributed by atoms with Crippen LogP contribution in [0.15, 0.2) is 24.3 Å². The first kappa shape index (κ1) is 16.3. The van der Waals surface area contributed by atoms with Crippen molar-refractivity contribution < 1.29 is 9.90 Å². The molecule has 0 amide bonds. The molecule has 0 aromatic heterocycles. The third-order valence-electron chi connectivity index (χ3n) is 3.43. The molecule has 0 saturated carbocycles. The Morgan fingerprint density at radius 1 is 1.11 bits per heavy atom. The lowest BCUT2D eigenvalue weighted by Gasteiger charge is -2.27. The second kappa shape index (κ2) is 7.73. The first-order chi connectivity index (χ1) is 8.68. The Labute approximate surface area is 125 Å². The van der Waals surface area contributed by atoms with Crippen LogP contribution in [0, 0.1) is 0 Å². The maximum atomic E-state index is 11.5. The lowest BCUT2D eigenvalue weighted by atomic mass is 10.1. The molecule has 0 aliphatic carbocycles. The number of hydrogen-bond donors (Lipinski definition) is 1. The Hall–Kier alpha value is -0.770. The Bertz CT molecular complexity index is 400. The van der Waals surface area contributed by atoms with Crippen LogP contribution in [-0.4, -0.2) is 29.1 Å². The highest BCUT2D eigenvalue weighted by Gasteiger charge is 2.27. The van der Waals surface area contributed by atoms with Crippen molar-refractivity contribution in [3.8, 4) is 0 Å². The van der Waals surface area contributed by atoms with Gasteiger partial charge in [0.1, 0.15) is 6.04 Å². The zero-order valence-corrected chi connectivity index (χ0v) is 12.3. The minimum absolute atomic E-state index is 0. The summed E-state index contributed by atoms with van der Waals surface area (Å²) in [5, 5.41) is 10.1. The van der Waals surface area contributed by atoms with Gasteiger partial charge in [-0.2, -0.15) is 0 Å². The Morgan fingerprint density at radius 2 is 1.63 bits per heavy atom. The van der Waals surface area contributed by atoms with Crippen molar-refractivity contribution >= 4 is 30.0 Å². The number of nitrogens with zero attached hydrogens (tertiary/aromatic N) is 1. The first-order valence-electron chi connectivity index (χ1n) is 6.41.